The fraction of sp³-hybridized carbons (Fsp3) is 0.733. The summed E-state index contributed by atoms with van der Waals surface area (Å²) in [5.41, 5.74) is 1.96. The van der Waals surface area contributed by atoms with Gasteiger partial charge in [0.2, 0.25) is 0 Å². The highest BCUT2D eigenvalue weighted by molar-refractivity contribution is 5.24. The molecule has 94 valence electrons. The molecule has 2 aliphatic rings. The molecule has 1 aromatic heterocycles. The smallest absolute Gasteiger partial charge is 0.108 e. The monoisotopic (exact) mass is 233 g/mol. The topological polar surface area (TPSA) is 25.2 Å². The first-order valence-electron chi connectivity index (χ1n) is 7.07. The molecule has 1 aromatic rings. The lowest BCUT2D eigenvalue weighted by Gasteiger charge is -2.29. The van der Waals surface area contributed by atoms with Gasteiger partial charge in [-0.1, -0.05) is 19.8 Å². The van der Waals surface area contributed by atoms with E-state index >= 15 is 0 Å². The first-order valence-corrected chi connectivity index (χ1v) is 7.07. The fourth-order valence-electron chi connectivity index (χ4n) is 3.47. The molecule has 0 radical (unpaired) electrons. The van der Waals surface area contributed by atoms with E-state index in [0.717, 1.165) is 6.42 Å². The molecule has 0 saturated heterocycles. The van der Waals surface area contributed by atoms with E-state index in [2.05, 4.69) is 18.3 Å². The zero-order valence-electron chi connectivity index (χ0n) is 10.8. The van der Waals surface area contributed by atoms with Crippen molar-refractivity contribution in [3.05, 3.63) is 23.7 Å². The van der Waals surface area contributed by atoms with Crippen LogP contribution in [0.3, 0.4) is 0 Å². The average molecular weight is 233 g/mol. The molecule has 0 aliphatic heterocycles. The van der Waals surface area contributed by atoms with Crippen LogP contribution < -0.4 is 5.32 Å². The van der Waals surface area contributed by atoms with Crippen LogP contribution in [-0.2, 0) is 6.42 Å². The maximum absolute atomic E-state index is 5.54. The predicted octanol–water partition coefficient (Wildman–Crippen LogP) is 3.83. The van der Waals surface area contributed by atoms with E-state index in [4.69, 9.17) is 4.42 Å². The van der Waals surface area contributed by atoms with Gasteiger partial charge < -0.3 is 9.73 Å². The summed E-state index contributed by atoms with van der Waals surface area (Å²) in [4.78, 5) is 0. The van der Waals surface area contributed by atoms with Crippen LogP contribution in [0, 0.1) is 5.41 Å². The molecule has 0 amide bonds. The van der Waals surface area contributed by atoms with E-state index in [1.165, 1.54) is 56.4 Å². The number of fused-ring (bicyclic) bond motifs is 1. The molecule has 1 heterocycles. The highest BCUT2D eigenvalue weighted by Gasteiger charge is 2.30. The summed E-state index contributed by atoms with van der Waals surface area (Å²) < 4.78 is 5.54. The maximum Gasteiger partial charge on any atom is 0.108 e. The second-order valence-electron chi connectivity index (χ2n) is 6.14. The predicted molar refractivity (Wildman–Crippen MR) is 69.0 cm³/mol. The van der Waals surface area contributed by atoms with E-state index in [9.17, 15) is 0 Å². The van der Waals surface area contributed by atoms with Gasteiger partial charge in [0.25, 0.3) is 0 Å². The zero-order chi connectivity index (χ0) is 11.7. The lowest BCUT2D eigenvalue weighted by atomic mass is 9.87. The first kappa shape index (κ1) is 11.3. The summed E-state index contributed by atoms with van der Waals surface area (Å²) >= 11 is 0. The van der Waals surface area contributed by atoms with E-state index < -0.39 is 0 Å². The molecule has 1 fully saturated rings. The summed E-state index contributed by atoms with van der Waals surface area (Å²) in [6.07, 6.45) is 11.1. The molecule has 1 unspecified atom stereocenters. The van der Waals surface area contributed by atoms with Crippen molar-refractivity contribution in [1.29, 1.82) is 0 Å². The Hall–Kier alpha value is -0.760. The van der Waals surface area contributed by atoms with Gasteiger partial charge in [0.05, 0.1) is 6.26 Å². The largest absolute Gasteiger partial charge is 0.469 e. The molecular formula is C15H23NO. The first-order chi connectivity index (χ1) is 8.27. The number of aryl methyl sites for hydroxylation is 1. The molecule has 17 heavy (non-hydrogen) atoms. The van der Waals surface area contributed by atoms with Gasteiger partial charge in [-0.2, -0.15) is 0 Å². The second-order valence-corrected chi connectivity index (χ2v) is 6.14. The Kier molecular flexibility index (Phi) is 2.99. The van der Waals surface area contributed by atoms with Gasteiger partial charge in [-0.25, -0.2) is 0 Å². The minimum atomic E-state index is 0.537. The van der Waals surface area contributed by atoms with Crippen LogP contribution in [0.25, 0.3) is 0 Å². The molecule has 1 N–H and O–H groups in total. The van der Waals surface area contributed by atoms with Crippen LogP contribution in [0.15, 0.2) is 16.7 Å². The van der Waals surface area contributed by atoms with Gasteiger partial charge in [-0.05, 0) is 37.2 Å². The Labute approximate surface area is 104 Å². The van der Waals surface area contributed by atoms with Crippen molar-refractivity contribution in [2.24, 2.45) is 5.41 Å². The molecule has 0 spiro atoms. The van der Waals surface area contributed by atoms with Crippen molar-refractivity contribution in [3.63, 3.8) is 0 Å². The Bertz CT molecular complexity index is 376. The third-order valence-corrected chi connectivity index (χ3v) is 4.64. The van der Waals surface area contributed by atoms with Gasteiger partial charge >= 0.3 is 0 Å². The van der Waals surface area contributed by atoms with E-state index in [1.807, 2.05) is 6.26 Å². The van der Waals surface area contributed by atoms with Crippen molar-refractivity contribution >= 4 is 0 Å². The number of hydrogen-bond acceptors (Lipinski definition) is 2. The molecular weight excluding hydrogens is 210 g/mol. The summed E-state index contributed by atoms with van der Waals surface area (Å²) in [5.74, 6) is 1.21. The molecule has 2 heteroatoms. The van der Waals surface area contributed by atoms with Gasteiger partial charge in [0.1, 0.15) is 5.76 Å². The maximum atomic E-state index is 5.54. The minimum absolute atomic E-state index is 0.537. The minimum Gasteiger partial charge on any atom is -0.469 e. The normalized spacial score (nSPS) is 27.0. The third kappa shape index (κ3) is 2.28. The van der Waals surface area contributed by atoms with Crippen LogP contribution in [0.2, 0.25) is 0 Å². The van der Waals surface area contributed by atoms with Crippen LogP contribution >= 0.6 is 0 Å². The standard InChI is InChI=1S/C15H23NO/c1-15(8-2-3-9-15)11-16-13-5-4-6-14-12(13)7-10-17-14/h7,10,13,16H,2-6,8-9,11H2,1H3. The number of hydrogen-bond donors (Lipinski definition) is 1. The fourth-order valence-corrected chi connectivity index (χ4v) is 3.47. The van der Waals surface area contributed by atoms with Crippen LogP contribution in [0.1, 0.15) is 62.8 Å². The average Bonchev–Trinajstić information content (AvgIpc) is 2.95. The molecule has 1 atom stereocenters. The Morgan fingerprint density at radius 1 is 1.35 bits per heavy atom. The highest BCUT2D eigenvalue weighted by atomic mass is 16.3. The van der Waals surface area contributed by atoms with Crippen molar-refractivity contribution < 1.29 is 4.42 Å². The van der Waals surface area contributed by atoms with Crippen molar-refractivity contribution in [1.82, 2.24) is 5.32 Å². The summed E-state index contributed by atoms with van der Waals surface area (Å²) in [5, 5.41) is 3.79. The Balaban J connectivity index is 1.63. The number of rotatable bonds is 3. The van der Waals surface area contributed by atoms with Gasteiger partial charge in [0.15, 0.2) is 0 Å². The van der Waals surface area contributed by atoms with Crippen LogP contribution in [0.5, 0.6) is 0 Å². The summed E-state index contributed by atoms with van der Waals surface area (Å²) in [7, 11) is 0. The van der Waals surface area contributed by atoms with Crippen LogP contribution in [-0.4, -0.2) is 6.54 Å². The molecule has 0 aromatic carbocycles. The van der Waals surface area contributed by atoms with E-state index in [1.54, 1.807) is 0 Å². The Morgan fingerprint density at radius 2 is 2.18 bits per heavy atom. The highest BCUT2D eigenvalue weighted by Crippen LogP contribution is 2.38. The quantitative estimate of drug-likeness (QED) is 0.858. The number of nitrogens with one attached hydrogen (secondary N) is 1. The van der Waals surface area contributed by atoms with Gasteiger partial charge in [0, 0.05) is 24.6 Å². The van der Waals surface area contributed by atoms with Crippen molar-refractivity contribution in [3.8, 4) is 0 Å². The second kappa shape index (κ2) is 4.49. The zero-order valence-corrected chi connectivity index (χ0v) is 10.8. The van der Waals surface area contributed by atoms with Gasteiger partial charge in [-0.3, -0.25) is 0 Å². The SMILES string of the molecule is CC1(CNC2CCCc3occc32)CCCC1. The molecule has 1 saturated carbocycles. The molecule has 3 rings (SSSR count). The summed E-state index contributed by atoms with van der Waals surface area (Å²) in [6, 6.07) is 2.69. The summed E-state index contributed by atoms with van der Waals surface area (Å²) in [6.45, 7) is 3.61. The lowest BCUT2D eigenvalue weighted by molar-refractivity contribution is 0.286. The van der Waals surface area contributed by atoms with Crippen molar-refractivity contribution in [2.45, 2.75) is 57.9 Å². The molecule has 2 nitrogen and oxygen atoms in total. The van der Waals surface area contributed by atoms with Crippen molar-refractivity contribution in [2.75, 3.05) is 6.54 Å². The number of furan rings is 1. The lowest BCUT2D eigenvalue weighted by Crippen LogP contribution is -2.33. The third-order valence-electron chi connectivity index (χ3n) is 4.64. The van der Waals surface area contributed by atoms with E-state index in [-0.39, 0.29) is 0 Å². The van der Waals surface area contributed by atoms with Gasteiger partial charge in [-0.15, -0.1) is 0 Å². The Morgan fingerprint density at radius 3 is 3.00 bits per heavy atom. The van der Waals surface area contributed by atoms with E-state index in [0.29, 0.717) is 11.5 Å². The molecule has 0 bridgehead atoms. The van der Waals surface area contributed by atoms with Crippen LogP contribution in [0.4, 0.5) is 0 Å². The molecule has 2 aliphatic carbocycles.